The molecule has 0 saturated heterocycles. The van der Waals surface area contributed by atoms with E-state index in [1.165, 1.54) is 16.7 Å². The molecule has 0 bridgehead atoms. The van der Waals surface area contributed by atoms with Gasteiger partial charge in [0.15, 0.2) is 5.78 Å². The molecular weight excluding hydrogens is 344 g/mol. The van der Waals surface area contributed by atoms with Gasteiger partial charge in [0.2, 0.25) is 0 Å². The smallest absolute Gasteiger partial charge is 0.162 e. The zero-order valence-corrected chi connectivity index (χ0v) is 16.5. The lowest BCUT2D eigenvalue weighted by Crippen LogP contribution is -2.34. The van der Waals surface area contributed by atoms with Crippen LogP contribution in [0.4, 0.5) is 5.69 Å². The lowest BCUT2D eigenvalue weighted by molar-refractivity contribution is -0.118. The second-order valence-electron chi connectivity index (χ2n) is 8.85. The van der Waals surface area contributed by atoms with Crippen LogP contribution in [0.2, 0.25) is 0 Å². The number of carbonyl (C=O) groups excluding carboxylic acids is 1. The topological polar surface area (TPSA) is 42.0 Å². The SMILES string of the molecule is Cc1ccccc1C1C2=C(CC(C)(C)CC2=O)Nc2c1ccc1ncccc21. The number of rotatable bonds is 1. The van der Waals surface area contributed by atoms with Crippen LogP contribution in [-0.2, 0) is 4.79 Å². The largest absolute Gasteiger partial charge is 0.358 e. The molecule has 0 amide bonds. The fourth-order valence-corrected chi connectivity index (χ4v) is 4.87. The second-order valence-corrected chi connectivity index (χ2v) is 8.85. The van der Waals surface area contributed by atoms with Gasteiger partial charge in [-0.15, -0.1) is 0 Å². The third kappa shape index (κ3) is 2.57. The lowest BCUT2D eigenvalue weighted by Gasteiger charge is -2.40. The van der Waals surface area contributed by atoms with Crippen molar-refractivity contribution in [3.05, 3.63) is 82.7 Å². The first-order valence-corrected chi connectivity index (χ1v) is 9.91. The highest BCUT2D eigenvalue weighted by atomic mass is 16.1. The van der Waals surface area contributed by atoms with E-state index in [9.17, 15) is 4.79 Å². The average molecular weight is 368 g/mol. The van der Waals surface area contributed by atoms with Crippen molar-refractivity contribution in [3.8, 4) is 0 Å². The van der Waals surface area contributed by atoms with Crippen LogP contribution in [0.1, 0.15) is 49.3 Å². The van der Waals surface area contributed by atoms with Gasteiger partial charge in [-0.1, -0.05) is 44.2 Å². The number of allylic oxidation sites excluding steroid dienone is 2. The summed E-state index contributed by atoms with van der Waals surface area (Å²) in [7, 11) is 0. The maximum absolute atomic E-state index is 13.3. The number of hydrogen-bond acceptors (Lipinski definition) is 3. The molecule has 3 nitrogen and oxygen atoms in total. The molecule has 0 radical (unpaired) electrons. The Kier molecular flexibility index (Phi) is 3.70. The molecule has 1 N–H and O–H groups in total. The van der Waals surface area contributed by atoms with E-state index in [-0.39, 0.29) is 17.1 Å². The van der Waals surface area contributed by atoms with Crippen molar-refractivity contribution in [2.45, 2.75) is 39.5 Å². The number of aryl methyl sites for hydroxylation is 1. The van der Waals surface area contributed by atoms with Gasteiger partial charge < -0.3 is 5.32 Å². The molecule has 1 atom stereocenters. The summed E-state index contributed by atoms with van der Waals surface area (Å²) in [5.74, 6) is 0.240. The Morgan fingerprint density at radius 2 is 1.82 bits per heavy atom. The summed E-state index contributed by atoms with van der Waals surface area (Å²) < 4.78 is 0. The van der Waals surface area contributed by atoms with Crippen molar-refractivity contribution in [2.24, 2.45) is 5.41 Å². The quantitative estimate of drug-likeness (QED) is 0.595. The standard InChI is InChI=1S/C25H24N2O/c1-15-7-4-5-8-16(15)22-18-10-11-19-17(9-6-12-26-19)24(18)27-20-13-25(2,3)14-21(28)23(20)22/h4-12,22,27H,13-14H2,1-3H3. The maximum atomic E-state index is 13.3. The van der Waals surface area contributed by atoms with Crippen LogP contribution in [0.15, 0.2) is 66.0 Å². The zero-order chi connectivity index (χ0) is 19.5. The summed E-state index contributed by atoms with van der Waals surface area (Å²) in [6, 6.07) is 16.8. The average Bonchev–Trinajstić information content (AvgIpc) is 2.66. The first kappa shape index (κ1) is 17.2. The van der Waals surface area contributed by atoms with Crippen molar-refractivity contribution < 1.29 is 4.79 Å². The molecule has 28 heavy (non-hydrogen) atoms. The summed E-state index contributed by atoms with van der Waals surface area (Å²) in [4.78, 5) is 17.8. The number of ketones is 1. The minimum atomic E-state index is -0.0282. The minimum absolute atomic E-state index is 0.0272. The third-order valence-electron chi connectivity index (χ3n) is 6.11. The molecular formula is C25H24N2O. The number of nitrogens with zero attached hydrogens (tertiary/aromatic N) is 1. The van der Waals surface area contributed by atoms with E-state index in [1.807, 2.05) is 12.3 Å². The summed E-state index contributed by atoms with van der Waals surface area (Å²) >= 11 is 0. The van der Waals surface area contributed by atoms with Crippen LogP contribution in [-0.4, -0.2) is 10.8 Å². The molecule has 2 heterocycles. The fraction of sp³-hybridized carbons (Fsp3) is 0.280. The van der Waals surface area contributed by atoms with Gasteiger partial charge in [0.05, 0.1) is 11.2 Å². The Balaban J connectivity index is 1.82. The molecule has 2 aliphatic rings. The molecule has 5 rings (SSSR count). The lowest BCUT2D eigenvalue weighted by atomic mass is 9.68. The van der Waals surface area contributed by atoms with Crippen LogP contribution in [0.25, 0.3) is 10.9 Å². The fourth-order valence-electron chi connectivity index (χ4n) is 4.87. The summed E-state index contributed by atoms with van der Waals surface area (Å²) in [6.07, 6.45) is 3.31. The molecule has 3 heteroatoms. The van der Waals surface area contributed by atoms with E-state index in [4.69, 9.17) is 0 Å². The van der Waals surface area contributed by atoms with E-state index >= 15 is 0 Å². The van der Waals surface area contributed by atoms with Crippen LogP contribution in [0.5, 0.6) is 0 Å². The highest BCUT2D eigenvalue weighted by Gasteiger charge is 2.41. The number of hydrogen-bond donors (Lipinski definition) is 1. The van der Waals surface area contributed by atoms with Gasteiger partial charge in [0.25, 0.3) is 0 Å². The van der Waals surface area contributed by atoms with Crippen molar-refractivity contribution in [2.75, 3.05) is 5.32 Å². The molecule has 0 fully saturated rings. The normalized spacial score (nSPS) is 20.5. The Hall–Kier alpha value is -2.94. The highest BCUT2D eigenvalue weighted by molar-refractivity contribution is 6.04. The summed E-state index contributed by atoms with van der Waals surface area (Å²) in [5.41, 5.74) is 7.68. The van der Waals surface area contributed by atoms with Gasteiger partial charge in [-0.3, -0.25) is 9.78 Å². The number of aromatic nitrogens is 1. The first-order valence-electron chi connectivity index (χ1n) is 9.91. The van der Waals surface area contributed by atoms with Gasteiger partial charge in [0.1, 0.15) is 0 Å². The Labute approximate surface area is 165 Å². The predicted octanol–water partition coefficient (Wildman–Crippen LogP) is 5.74. The van der Waals surface area contributed by atoms with Crippen LogP contribution >= 0.6 is 0 Å². The molecule has 140 valence electrons. The number of carbonyl (C=O) groups is 1. The van der Waals surface area contributed by atoms with Gasteiger partial charge in [-0.2, -0.15) is 0 Å². The first-order chi connectivity index (χ1) is 13.4. The monoisotopic (exact) mass is 368 g/mol. The summed E-state index contributed by atoms with van der Waals surface area (Å²) in [6.45, 7) is 6.50. The van der Waals surface area contributed by atoms with Crippen molar-refractivity contribution in [3.63, 3.8) is 0 Å². The van der Waals surface area contributed by atoms with E-state index in [0.717, 1.165) is 34.3 Å². The molecule has 3 aromatic rings. The van der Waals surface area contributed by atoms with E-state index < -0.39 is 0 Å². The number of Topliss-reactive ketones (excluding diaryl/α,β-unsaturated/α-hetero) is 1. The number of benzene rings is 2. The van der Waals surface area contributed by atoms with Crippen molar-refractivity contribution in [1.29, 1.82) is 0 Å². The van der Waals surface area contributed by atoms with Crippen LogP contribution in [0.3, 0.4) is 0 Å². The zero-order valence-electron chi connectivity index (χ0n) is 16.5. The van der Waals surface area contributed by atoms with Crippen molar-refractivity contribution in [1.82, 2.24) is 4.98 Å². The van der Waals surface area contributed by atoms with E-state index in [0.29, 0.717) is 6.42 Å². The van der Waals surface area contributed by atoms with Crippen molar-refractivity contribution >= 4 is 22.4 Å². The maximum Gasteiger partial charge on any atom is 0.162 e. The van der Waals surface area contributed by atoms with Gasteiger partial charge in [-0.05, 0) is 53.6 Å². The molecule has 1 aliphatic carbocycles. The third-order valence-corrected chi connectivity index (χ3v) is 6.11. The Bertz CT molecular complexity index is 1160. The highest BCUT2D eigenvalue weighted by Crippen LogP contribution is 2.50. The molecule has 1 unspecified atom stereocenters. The van der Waals surface area contributed by atoms with Gasteiger partial charge >= 0.3 is 0 Å². The van der Waals surface area contributed by atoms with Crippen LogP contribution < -0.4 is 5.32 Å². The molecule has 2 aromatic carbocycles. The number of anilines is 1. The van der Waals surface area contributed by atoms with Crippen LogP contribution in [0, 0.1) is 12.3 Å². The number of pyridine rings is 1. The summed E-state index contributed by atoms with van der Waals surface area (Å²) in [5, 5.41) is 4.78. The molecule has 1 aromatic heterocycles. The van der Waals surface area contributed by atoms with E-state index in [1.54, 1.807) is 0 Å². The molecule has 0 spiro atoms. The number of nitrogens with one attached hydrogen (secondary N) is 1. The Morgan fingerprint density at radius 1 is 1.00 bits per heavy atom. The van der Waals surface area contributed by atoms with E-state index in [2.05, 4.69) is 73.5 Å². The van der Waals surface area contributed by atoms with Gasteiger partial charge in [0, 0.05) is 35.2 Å². The molecule has 0 saturated carbocycles. The second kappa shape index (κ2) is 6.03. The minimum Gasteiger partial charge on any atom is -0.358 e. The molecule has 1 aliphatic heterocycles. The predicted molar refractivity (Wildman–Crippen MR) is 113 cm³/mol. The number of fused-ring (bicyclic) bond motifs is 3. The Morgan fingerprint density at radius 3 is 2.64 bits per heavy atom. The van der Waals surface area contributed by atoms with Gasteiger partial charge in [-0.25, -0.2) is 0 Å².